The molecule has 0 bridgehead atoms. The number of thioether (sulfide) groups is 2. The Balaban J connectivity index is 2.09. The zero-order chi connectivity index (χ0) is 6.10. The summed E-state index contributed by atoms with van der Waals surface area (Å²) >= 11 is 4.09. The van der Waals surface area contributed by atoms with Gasteiger partial charge in [0.05, 0.1) is 5.25 Å². The van der Waals surface area contributed by atoms with Crippen LogP contribution in [0.25, 0.3) is 0 Å². The zero-order valence-corrected chi connectivity index (χ0v) is 6.73. The highest BCUT2D eigenvalue weighted by Gasteiger charge is 2.22. The molecule has 0 aliphatic carbocycles. The molecule has 50 valence electrons. The molecule has 0 saturated carbocycles. The van der Waals surface area contributed by atoms with Gasteiger partial charge < -0.3 is 5.32 Å². The lowest BCUT2D eigenvalue weighted by molar-refractivity contribution is 0.924. The van der Waals surface area contributed by atoms with Crippen LogP contribution in [-0.4, -0.2) is 23.3 Å². The summed E-state index contributed by atoms with van der Waals surface area (Å²) in [5, 5.41) is 4.06. The fourth-order valence-electron chi connectivity index (χ4n) is 1.09. The SMILES string of the molecule is C1=C2SCCSC2CN1. The Morgan fingerprint density at radius 1 is 1.56 bits per heavy atom. The summed E-state index contributed by atoms with van der Waals surface area (Å²) < 4.78 is 0. The lowest BCUT2D eigenvalue weighted by atomic mass is 10.4. The van der Waals surface area contributed by atoms with Gasteiger partial charge in [-0.05, 0) is 0 Å². The molecule has 1 atom stereocenters. The molecule has 3 heteroatoms. The monoisotopic (exact) mass is 159 g/mol. The van der Waals surface area contributed by atoms with Crippen molar-refractivity contribution >= 4 is 23.5 Å². The number of nitrogens with one attached hydrogen (secondary N) is 1. The minimum absolute atomic E-state index is 0.795. The van der Waals surface area contributed by atoms with Gasteiger partial charge in [-0.3, -0.25) is 0 Å². The van der Waals surface area contributed by atoms with Crippen LogP contribution in [0.5, 0.6) is 0 Å². The maximum atomic E-state index is 3.26. The summed E-state index contributed by atoms with van der Waals surface area (Å²) in [6.45, 7) is 1.16. The van der Waals surface area contributed by atoms with E-state index in [-0.39, 0.29) is 0 Å². The Morgan fingerprint density at radius 3 is 3.44 bits per heavy atom. The van der Waals surface area contributed by atoms with Crippen molar-refractivity contribution in [3.63, 3.8) is 0 Å². The first-order valence-electron chi connectivity index (χ1n) is 3.15. The van der Waals surface area contributed by atoms with E-state index in [1.807, 2.05) is 11.8 Å². The Kier molecular flexibility index (Phi) is 1.64. The molecule has 0 aromatic rings. The second-order valence-corrected chi connectivity index (χ2v) is 4.64. The van der Waals surface area contributed by atoms with E-state index < -0.39 is 0 Å². The topological polar surface area (TPSA) is 12.0 Å². The highest BCUT2D eigenvalue weighted by atomic mass is 32.2. The van der Waals surface area contributed by atoms with E-state index in [9.17, 15) is 0 Å². The van der Waals surface area contributed by atoms with Crippen molar-refractivity contribution in [1.29, 1.82) is 0 Å². The third-order valence-electron chi connectivity index (χ3n) is 1.54. The van der Waals surface area contributed by atoms with Gasteiger partial charge in [-0.1, -0.05) is 0 Å². The normalized spacial score (nSPS) is 32.9. The molecule has 2 aliphatic rings. The second-order valence-electron chi connectivity index (χ2n) is 2.16. The molecule has 1 fully saturated rings. The van der Waals surface area contributed by atoms with E-state index in [2.05, 4.69) is 23.3 Å². The van der Waals surface area contributed by atoms with Crippen LogP contribution in [-0.2, 0) is 0 Å². The summed E-state index contributed by atoms with van der Waals surface area (Å²) in [6, 6.07) is 0. The minimum atomic E-state index is 0.795. The van der Waals surface area contributed by atoms with Gasteiger partial charge >= 0.3 is 0 Å². The Labute approximate surface area is 63.7 Å². The highest BCUT2D eigenvalue weighted by molar-refractivity contribution is 8.09. The van der Waals surface area contributed by atoms with Gasteiger partial charge in [0.2, 0.25) is 0 Å². The molecule has 1 N–H and O–H groups in total. The van der Waals surface area contributed by atoms with Crippen LogP contribution < -0.4 is 5.32 Å². The summed E-state index contributed by atoms with van der Waals surface area (Å²) in [5.41, 5.74) is 0. The lowest BCUT2D eigenvalue weighted by Gasteiger charge is -2.17. The van der Waals surface area contributed by atoms with E-state index in [0.29, 0.717) is 0 Å². The Hall–Kier alpha value is 0.240. The van der Waals surface area contributed by atoms with Crippen molar-refractivity contribution in [1.82, 2.24) is 5.32 Å². The number of hydrogen-bond acceptors (Lipinski definition) is 3. The van der Waals surface area contributed by atoms with Crippen molar-refractivity contribution in [3.05, 3.63) is 11.1 Å². The first-order valence-corrected chi connectivity index (χ1v) is 5.18. The minimum Gasteiger partial charge on any atom is -0.389 e. The van der Waals surface area contributed by atoms with Gasteiger partial charge in [0, 0.05) is 29.2 Å². The van der Waals surface area contributed by atoms with E-state index in [1.54, 1.807) is 4.91 Å². The second kappa shape index (κ2) is 2.46. The summed E-state index contributed by atoms with van der Waals surface area (Å²) in [4.78, 5) is 1.56. The molecule has 0 aromatic carbocycles. The van der Waals surface area contributed by atoms with Gasteiger partial charge in [0.1, 0.15) is 0 Å². The molecule has 2 aliphatic heterocycles. The standard InChI is InChI=1S/C6H9NS2/c1-2-9-6-4-7-3-5(6)8-1/h3,6-7H,1-2,4H2. The lowest BCUT2D eigenvalue weighted by Crippen LogP contribution is -2.15. The molecule has 0 aromatic heterocycles. The third kappa shape index (κ3) is 1.08. The van der Waals surface area contributed by atoms with Crippen molar-refractivity contribution in [3.8, 4) is 0 Å². The fourth-order valence-corrected chi connectivity index (χ4v) is 3.61. The van der Waals surface area contributed by atoms with Crippen LogP contribution >= 0.6 is 23.5 Å². The van der Waals surface area contributed by atoms with Crippen LogP contribution in [0.2, 0.25) is 0 Å². The van der Waals surface area contributed by atoms with Gasteiger partial charge in [-0.2, -0.15) is 11.8 Å². The van der Waals surface area contributed by atoms with Gasteiger partial charge in [-0.25, -0.2) is 0 Å². The van der Waals surface area contributed by atoms with Crippen LogP contribution in [0.1, 0.15) is 0 Å². The molecule has 9 heavy (non-hydrogen) atoms. The van der Waals surface area contributed by atoms with Crippen molar-refractivity contribution in [2.24, 2.45) is 0 Å². The van der Waals surface area contributed by atoms with Crippen LogP contribution in [0.15, 0.2) is 11.1 Å². The fraction of sp³-hybridized carbons (Fsp3) is 0.667. The highest BCUT2D eigenvalue weighted by Crippen LogP contribution is 2.35. The molecular weight excluding hydrogens is 150 g/mol. The summed E-state index contributed by atoms with van der Waals surface area (Å²) in [6.07, 6.45) is 2.17. The van der Waals surface area contributed by atoms with Crippen LogP contribution in [0.3, 0.4) is 0 Å². The number of rotatable bonds is 0. The molecular formula is C6H9NS2. The number of hydrogen-bond donors (Lipinski definition) is 1. The first kappa shape index (κ1) is 5.98. The molecule has 0 radical (unpaired) electrons. The first-order chi connectivity index (χ1) is 4.47. The Morgan fingerprint density at radius 2 is 2.56 bits per heavy atom. The quantitative estimate of drug-likeness (QED) is 0.572. The maximum absolute atomic E-state index is 3.26. The third-order valence-corrected chi connectivity index (χ3v) is 4.35. The molecule has 0 spiro atoms. The average Bonchev–Trinajstić information content (AvgIpc) is 2.33. The molecule has 2 rings (SSSR count). The van der Waals surface area contributed by atoms with E-state index in [4.69, 9.17) is 0 Å². The largest absolute Gasteiger partial charge is 0.389 e. The van der Waals surface area contributed by atoms with E-state index >= 15 is 0 Å². The molecule has 0 amide bonds. The Bertz CT molecular complexity index is 144. The van der Waals surface area contributed by atoms with Crippen LogP contribution in [0, 0.1) is 0 Å². The van der Waals surface area contributed by atoms with E-state index in [1.165, 1.54) is 11.5 Å². The molecule has 1 saturated heterocycles. The van der Waals surface area contributed by atoms with E-state index in [0.717, 1.165) is 11.8 Å². The predicted molar refractivity (Wildman–Crippen MR) is 44.8 cm³/mol. The predicted octanol–water partition coefficient (Wildman–Crippen LogP) is 1.28. The summed E-state index contributed by atoms with van der Waals surface area (Å²) in [7, 11) is 0. The van der Waals surface area contributed by atoms with Gasteiger partial charge in [0.25, 0.3) is 0 Å². The molecule has 1 nitrogen and oxygen atoms in total. The van der Waals surface area contributed by atoms with Crippen molar-refractivity contribution in [2.45, 2.75) is 5.25 Å². The van der Waals surface area contributed by atoms with Gasteiger partial charge in [-0.15, -0.1) is 11.8 Å². The average molecular weight is 159 g/mol. The van der Waals surface area contributed by atoms with Crippen molar-refractivity contribution in [2.75, 3.05) is 18.1 Å². The number of fused-ring (bicyclic) bond motifs is 1. The van der Waals surface area contributed by atoms with Crippen molar-refractivity contribution < 1.29 is 0 Å². The molecule has 2 heterocycles. The van der Waals surface area contributed by atoms with Crippen LogP contribution in [0.4, 0.5) is 0 Å². The maximum Gasteiger partial charge on any atom is 0.0544 e. The van der Waals surface area contributed by atoms with Gasteiger partial charge in [0.15, 0.2) is 0 Å². The summed E-state index contributed by atoms with van der Waals surface area (Å²) in [5.74, 6) is 2.63. The molecule has 1 unspecified atom stereocenters. The zero-order valence-electron chi connectivity index (χ0n) is 5.09. The smallest absolute Gasteiger partial charge is 0.0544 e.